The van der Waals surface area contributed by atoms with Gasteiger partial charge >= 0.3 is 5.97 Å². The third-order valence-electron chi connectivity index (χ3n) is 3.38. The Kier molecular flexibility index (Phi) is 5.53. The highest BCUT2D eigenvalue weighted by atomic mass is 35.5. The molecule has 2 heterocycles. The third-order valence-corrected chi connectivity index (χ3v) is 4.50. The van der Waals surface area contributed by atoms with Gasteiger partial charge in [0.25, 0.3) is 5.91 Å². The zero-order chi connectivity index (χ0) is 17.6. The number of benzene rings is 1. The predicted octanol–water partition coefficient (Wildman–Crippen LogP) is 4.21. The Labute approximate surface area is 153 Å². The van der Waals surface area contributed by atoms with Gasteiger partial charge in [0.2, 0.25) is 11.9 Å². The van der Waals surface area contributed by atoms with Crippen molar-refractivity contribution in [3.63, 3.8) is 0 Å². The van der Waals surface area contributed by atoms with Crippen LogP contribution in [0.4, 0.5) is 0 Å². The molecule has 1 atom stereocenters. The molecule has 0 saturated carbocycles. The first-order valence-electron chi connectivity index (χ1n) is 7.43. The number of carbonyl (C=O) groups excluding carboxylic acids is 2. The minimum atomic E-state index is -1.10. The number of carbonyl (C=O) groups is 2. The number of furan rings is 1. The Bertz CT molecular complexity index is 829. The number of hydrogen-bond donors (Lipinski definition) is 1. The van der Waals surface area contributed by atoms with Crippen LogP contribution in [-0.2, 0) is 16.1 Å². The molecule has 3 rings (SSSR count). The maximum absolute atomic E-state index is 12.6. The standard InChI is InChI=1S/C18H14ClNO4S/c19-13-7-5-12(6-8-13)16(24-18(22)15-4-1-9-23-15)17(21)20-11-14-3-2-10-25-14/h1-10,16H,11H2,(H,20,21)/t16-/m0/s1. The summed E-state index contributed by atoms with van der Waals surface area (Å²) in [5.74, 6) is -1.10. The van der Waals surface area contributed by atoms with Gasteiger partial charge in [0.15, 0.2) is 0 Å². The molecular weight excluding hydrogens is 362 g/mol. The Hall–Kier alpha value is -2.57. The lowest BCUT2D eigenvalue weighted by Gasteiger charge is -2.17. The van der Waals surface area contributed by atoms with Crippen molar-refractivity contribution in [3.8, 4) is 0 Å². The molecule has 2 aromatic heterocycles. The van der Waals surface area contributed by atoms with Crippen LogP contribution in [0.5, 0.6) is 0 Å². The van der Waals surface area contributed by atoms with E-state index in [9.17, 15) is 9.59 Å². The van der Waals surface area contributed by atoms with E-state index in [-0.39, 0.29) is 5.76 Å². The maximum atomic E-state index is 12.6. The number of thiophene rings is 1. The van der Waals surface area contributed by atoms with Gasteiger partial charge in [-0.3, -0.25) is 4.79 Å². The molecule has 0 spiro atoms. The summed E-state index contributed by atoms with van der Waals surface area (Å²) in [7, 11) is 0. The molecular formula is C18H14ClNO4S. The molecule has 0 saturated heterocycles. The van der Waals surface area contributed by atoms with E-state index in [1.54, 1.807) is 30.3 Å². The topological polar surface area (TPSA) is 68.5 Å². The van der Waals surface area contributed by atoms with Crippen molar-refractivity contribution in [3.05, 3.63) is 81.4 Å². The van der Waals surface area contributed by atoms with Crippen molar-refractivity contribution in [1.82, 2.24) is 5.32 Å². The van der Waals surface area contributed by atoms with Gasteiger partial charge in [0.05, 0.1) is 12.8 Å². The van der Waals surface area contributed by atoms with Crippen LogP contribution >= 0.6 is 22.9 Å². The van der Waals surface area contributed by atoms with Crippen LogP contribution in [-0.4, -0.2) is 11.9 Å². The molecule has 0 unspecified atom stereocenters. The minimum absolute atomic E-state index is 0.0324. The van der Waals surface area contributed by atoms with Crippen molar-refractivity contribution >= 4 is 34.8 Å². The SMILES string of the molecule is O=C(O[C@H](C(=O)NCc1cccs1)c1ccc(Cl)cc1)c1ccco1. The largest absolute Gasteiger partial charge is 0.457 e. The van der Waals surface area contributed by atoms with Gasteiger partial charge in [-0.05, 0) is 35.7 Å². The molecule has 1 aromatic carbocycles. The molecule has 5 nitrogen and oxygen atoms in total. The highest BCUT2D eigenvalue weighted by Crippen LogP contribution is 2.22. The molecule has 7 heteroatoms. The van der Waals surface area contributed by atoms with E-state index < -0.39 is 18.0 Å². The number of nitrogens with one attached hydrogen (secondary N) is 1. The fraction of sp³-hybridized carbons (Fsp3) is 0.111. The molecule has 1 N–H and O–H groups in total. The Balaban J connectivity index is 1.76. The minimum Gasteiger partial charge on any atom is -0.457 e. The van der Waals surface area contributed by atoms with Crippen molar-refractivity contribution < 1.29 is 18.7 Å². The number of hydrogen-bond acceptors (Lipinski definition) is 5. The van der Waals surface area contributed by atoms with E-state index >= 15 is 0 Å². The molecule has 0 radical (unpaired) electrons. The molecule has 3 aromatic rings. The quantitative estimate of drug-likeness (QED) is 0.655. The number of ether oxygens (including phenoxy) is 1. The highest BCUT2D eigenvalue weighted by molar-refractivity contribution is 7.09. The van der Waals surface area contributed by atoms with Gasteiger partial charge in [-0.2, -0.15) is 0 Å². The zero-order valence-electron chi connectivity index (χ0n) is 13.0. The monoisotopic (exact) mass is 375 g/mol. The summed E-state index contributed by atoms with van der Waals surface area (Å²) < 4.78 is 10.4. The van der Waals surface area contributed by atoms with Crippen molar-refractivity contribution in [2.24, 2.45) is 0 Å². The van der Waals surface area contributed by atoms with Crippen molar-refractivity contribution in [2.75, 3.05) is 0 Å². The second kappa shape index (κ2) is 8.00. The molecule has 1 amide bonds. The van der Waals surface area contributed by atoms with Gasteiger partial charge in [0, 0.05) is 15.5 Å². The lowest BCUT2D eigenvalue weighted by atomic mass is 10.1. The van der Waals surface area contributed by atoms with Gasteiger partial charge in [-0.1, -0.05) is 29.8 Å². The van der Waals surface area contributed by atoms with E-state index in [0.29, 0.717) is 17.1 Å². The predicted molar refractivity (Wildman–Crippen MR) is 94.5 cm³/mol. The molecule has 25 heavy (non-hydrogen) atoms. The molecule has 0 aliphatic carbocycles. The summed E-state index contributed by atoms with van der Waals surface area (Å²) in [5, 5.41) is 5.23. The zero-order valence-corrected chi connectivity index (χ0v) is 14.5. The first-order valence-corrected chi connectivity index (χ1v) is 8.69. The average molecular weight is 376 g/mol. The van der Waals surface area contributed by atoms with Gasteiger partial charge < -0.3 is 14.5 Å². The van der Waals surface area contributed by atoms with Crippen molar-refractivity contribution in [2.45, 2.75) is 12.6 Å². The summed E-state index contributed by atoms with van der Waals surface area (Å²) >= 11 is 7.42. The van der Waals surface area contributed by atoms with E-state index in [2.05, 4.69) is 5.32 Å². The van der Waals surface area contributed by atoms with Crippen LogP contribution in [0.3, 0.4) is 0 Å². The van der Waals surface area contributed by atoms with E-state index in [0.717, 1.165) is 4.88 Å². The van der Waals surface area contributed by atoms with Crippen LogP contribution in [0.25, 0.3) is 0 Å². The normalized spacial score (nSPS) is 11.7. The fourth-order valence-corrected chi connectivity index (χ4v) is 2.92. The van der Waals surface area contributed by atoms with E-state index in [4.69, 9.17) is 20.8 Å². The second-order valence-corrected chi connectivity index (χ2v) is 6.58. The lowest BCUT2D eigenvalue weighted by molar-refractivity contribution is -0.130. The molecule has 0 aliphatic heterocycles. The second-order valence-electron chi connectivity index (χ2n) is 5.11. The van der Waals surface area contributed by atoms with Gasteiger partial charge in [-0.15, -0.1) is 11.3 Å². The maximum Gasteiger partial charge on any atom is 0.375 e. The first-order chi connectivity index (χ1) is 12.1. The van der Waals surface area contributed by atoms with Crippen LogP contribution in [0.15, 0.2) is 64.6 Å². The smallest absolute Gasteiger partial charge is 0.375 e. The van der Waals surface area contributed by atoms with Crippen LogP contribution < -0.4 is 5.32 Å². The van der Waals surface area contributed by atoms with Gasteiger partial charge in [-0.25, -0.2) is 4.79 Å². The fourth-order valence-electron chi connectivity index (χ4n) is 2.15. The summed E-state index contributed by atoms with van der Waals surface area (Å²) in [6.07, 6.45) is 0.264. The third kappa shape index (κ3) is 4.49. The van der Waals surface area contributed by atoms with Gasteiger partial charge in [0.1, 0.15) is 0 Å². The molecule has 0 aliphatic rings. The van der Waals surface area contributed by atoms with Crippen LogP contribution in [0.2, 0.25) is 5.02 Å². The van der Waals surface area contributed by atoms with Crippen LogP contribution in [0.1, 0.15) is 27.1 Å². The number of halogens is 1. The van der Waals surface area contributed by atoms with Crippen molar-refractivity contribution in [1.29, 1.82) is 0 Å². The highest BCUT2D eigenvalue weighted by Gasteiger charge is 2.26. The Morgan fingerprint density at radius 3 is 2.60 bits per heavy atom. The Morgan fingerprint density at radius 1 is 1.16 bits per heavy atom. The molecule has 0 bridgehead atoms. The molecule has 128 valence electrons. The van der Waals surface area contributed by atoms with E-state index in [1.807, 2.05) is 17.5 Å². The summed E-state index contributed by atoms with van der Waals surface area (Å²) in [4.78, 5) is 25.8. The number of amides is 1. The number of rotatable bonds is 6. The average Bonchev–Trinajstić information content (AvgIpc) is 3.31. The summed E-state index contributed by atoms with van der Waals surface area (Å²) in [5.41, 5.74) is 0.521. The first kappa shape index (κ1) is 17.3. The lowest BCUT2D eigenvalue weighted by Crippen LogP contribution is -2.31. The Morgan fingerprint density at radius 2 is 1.96 bits per heavy atom. The van der Waals surface area contributed by atoms with Crippen LogP contribution in [0, 0.1) is 0 Å². The summed E-state index contributed by atoms with van der Waals surface area (Å²) in [6.45, 7) is 0.360. The van der Waals surface area contributed by atoms with E-state index in [1.165, 1.54) is 23.7 Å². The summed E-state index contributed by atoms with van der Waals surface area (Å²) in [6, 6.07) is 13.4. The number of esters is 1. The molecule has 0 fully saturated rings.